The van der Waals surface area contributed by atoms with Crippen LogP contribution in [-0.4, -0.2) is 39.9 Å². The van der Waals surface area contributed by atoms with Gasteiger partial charge in [0.25, 0.3) is 0 Å². The van der Waals surface area contributed by atoms with Crippen LogP contribution >= 0.6 is 11.8 Å². The zero-order chi connectivity index (χ0) is 18.4. The van der Waals surface area contributed by atoms with Gasteiger partial charge in [0, 0.05) is 17.7 Å². The third-order valence-electron chi connectivity index (χ3n) is 5.21. The summed E-state index contributed by atoms with van der Waals surface area (Å²) in [7, 11) is 0. The van der Waals surface area contributed by atoms with Crippen molar-refractivity contribution in [3.63, 3.8) is 0 Å². The number of carbonyl (C=O) groups is 1. The lowest BCUT2D eigenvalue weighted by molar-refractivity contribution is -0.131. The fraction of sp³-hybridized carbons (Fsp3) is 0.476. The summed E-state index contributed by atoms with van der Waals surface area (Å²) in [6.07, 6.45) is 10.3. The zero-order valence-electron chi connectivity index (χ0n) is 14.7. The predicted octanol–water partition coefficient (Wildman–Crippen LogP) is 3.83. The number of fused-ring (bicyclic) bond motifs is 2. The summed E-state index contributed by atoms with van der Waals surface area (Å²) in [5.74, 6) is 1.68. The summed E-state index contributed by atoms with van der Waals surface area (Å²) in [5.41, 5.74) is 0.908. The molecule has 1 aromatic rings. The van der Waals surface area contributed by atoms with E-state index in [0.717, 1.165) is 36.3 Å². The maximum absolute atomic E-state index is 10.5. The molecule has 140 valence electrons. The molecule has 4 nitrogen and oxygen atoms in total. The third-order valence-corrected chi connectivity index (χ3v) is 6.17. The lowest BCUT2D eigenvalue weighted by atomic mass is 9.77. The van der Waals surface area contributed by atoms with Gasteiger partial charge in [-0.1, -0.05) is 48.6 Å². The predicted molar refractivity (Wildman–Crippen MR) is 104 cm³/mol. The van der Waals surface area contributed by atoms with Gasteiger partial charge in [-0.25, -0.2) is 4.79 Å². The second-order valence-electron chi connectivity index (χ2n) is 6.88. The molecule has 2 aliphatic rings. The summed E-state index contributed by atoms with van der Waals surface area (Å²) < 4.78 is 6.11. The summed E-state index contributed by atoms with van der Waals surface area (Å²) in [4.78, 5) is 10.5. The number of aliphatic hydroxyl groups excluding tert-OH is 1. The molecule has 2 bridgehead atoms. The highest BCUT2D eigenvalue weighted by Gasteiger charge is 2.47. The number of carboxylic acids is 1. The van der Waals surface area contributed by atoms with Gasteiger partial charge in [-0.3, -0.25) is 0 Å². The normalized spacial score (nSPS) is 29.0. The third kappa shape index (κ3) is 5.00. The van der Waals surface area contributed by atoms with Crippen LogP contribution in [0, 0.1) is 11.8 Å². The highest BCUT2D eigenvalue weighted by molar-refractivity contribution is 7.99. The fourth-order valence-electron chi connectivity index (χ4n) is 3.97. The van der Waals surface area contributed by atoms with E-state index in [1.807, 2.05) is 36.4 Å². The molecule has 2 heterocycles. The molecule has 0 aromatic heterocycles. The smallest absolute Gasteiger partial charge is 0.328 e. The Bertz CT molecular complexity index is 643. The second-order valence-corrected chi connectivity index (χ2v) is 8.03. The van der Waals surface area contributed by atoms with Crippen molar-refractivity contribution in [3.05, 3.63) is 60.2 Å². The summed E-state index contributed by atoms with van der Waals surface area (Å²) >= 11 is 1.75. The molecule has 2 N–H and O–H groups in total. The van der Waals surface area contributed by atoms with E-state index in [-0.39, 0.29) is 6.10 Å². The Balaban J connectivity index is 1.52. The van der Waals surface area contributed by atoms with Crippen molar-refractivity contribution in [1.29, 1.82) is 0 Å². The van der Waals surface area contributed by atoms with Crippen LogP contribution in [-0.2, 0) is 9.53 Å². The number of aliphatic hydroxyl groups is 1. The van der Waals surface area contributed by atoms with E-state index in [1.54, 1.807) is 17.8 Å². The van der Waals surface area contributed by atoms with E-state index in [0.29, 0.717) is 17.9 Å². The Morgan fingerprint density at radius 3 is 2.81 bits per heavy atom. The number of rotatable bonds is 9. The Hall–Kier alpha value is -1.56. The average Bonchev–Trinajstić information content (AvgIpc) is 3.24. The van der Waals surface area contributed by atoms with E-state index in [9.17, 15) is 9.90 Å². The molecule has 5 heteroatoms. The summed E-state index contributed by atoms with van der Waals surface area (Å²) in [6, 6.07) is 9.69. The van der Waals surface area contributed by atoms with Gasteiger partial charge in [0.2, 0.25) is 0 Å². The van der Waals surface area contributed by atoms with Crippen LogP contribution in [0.5, 0.6) is 0 Å². The van der Waals surface area contributed by atoms with Crippen LogP contribution in [0.15, 0.2) is 54.6 Å². The van der Waals surface area contributed by atoms with Crippen molar-refractivity contribution < 1.29 is 19.7 Å². The number of benzene rings is 1. The first kappa shape index (κ1) is 19.2. The maximum atomic E-state index is 10.5. The molecule has 1 aromatic carbocycles. The van der Waals surface area contributed by atoms with E-state index in [2.05, 4.69) is 6.08 Å². The van der Waals surface area contributed by atoms with E-state index in [4.69, 9.17) is 9.84 Å². The van der Waals surface area contributed by atoms with Crippen molar-refractivity contribution in [3.8, 4) is 0 Å². The highest BCUT2D eigenvalue weighted by Crippen LogP contribution is 2.46. The van der Waals surface area contributed by atoms with Crippen LogP contribution in [0.2, 0.25) is 0 Å². The monoisotopic (exact) mass is 374 g/mol. The molecule has 2 saturated heterocycles. The molecule has 0 aliphatic carbocycles. The van der Waals surface area contributed by atoms with Crippen molar-refractivity contribution in [2.75, 3.05) is 11.5 Å². The number of hydrogen-bond donors (Lipinski definition) is 2. The molecule has 1 unspecified atom stereocenters. The van der Waals surface area contributed by atoms with Gasteiger partial charge in [-0.05, 0) is 36.5 Å². The van der Waals surface area contributed by atoms with Crippen molar-refractivity contribution >= 4 is 17.7 Å². The van der Waals surface area contributed by atoms with Gasteiger partial charge >= 0.3 is 5.97 Å². The molecular formula is C21H26O4S. The van der Waals surface area contributed by atoms with Gasteiger partial charge in [-0.15, -0.1) is 0 Å². The number of ether oxygens (including phenoxy) is 1. The molecular weight excluding hydrogens is 348 g/mol. The molecule has 0 radical (unpaired) electrons. The highest BCUT2D eigenvalue weighted by atomic mass is 32.2. The second kappa shape index (κ2) is 9.40. The van der Waals surface area contributed by atoms with Gasteiger partial charge in [-0.2, -0.15) is 11.8 Å². The van der Waals surface area contributed by atoms with Crippen molar-refractivity contribution in [1.82, 2.24) is 0 Å². The topological polar surface area (TPSA) is 66.8 Å². The van der Waals surface area contributed by atoms with E-state index < -0.39 is 12.1 Å². The van der Waals surface area contributed by atoms with Crippen LogP contribution in [0.1, 0.15) is 30.9 Å². The van der Waals surface area contributed by atoms with E-state index >= 15 is 0 Å². The van der Waals surface area contributed by atoms with Crippen LogP contribution in [0.3, 0.4) is 0 Å². The van der Waals surface area contributed by atoms with Gasteiger partial charge in [0.05, 0.1) is 18.3 Å². The zero-order valence-corrected chi connectivity index (χ0v) is 15.6. The van der Waals surface area contributed by atoms with Crippen LogP contribution < -0.4 is 0 Å². The standard InChI is InChI=1S/C21H26O4S/c22-18(15-5-2-1-3-6-15)9-8-16-17(20-11-10-19(16)25-20)12-14-26-13-4-7-21(23)24/h1-9,16-20,22H,10-14H2,(H,23,24)/b7-4?,9-8+/t16-,17+,18?,19-,20+/m0/s1. The number of hydrogen-bond acceptors (Lipinski definition) is 4. The van der Waals surface area contributed by atoms with Gasteiger partial charge in [0.1, 0.15) is 0 Å². The fourth-order valence-corrected chi connectivity index (χ4v) is 4.81. The van der Waals surface area contributed by atoms with E-state index in [1.165, 1.54) is 6.08 Å². The molecule has 2 fully saturated rings. The largest absolute Gasteiger partial charge is 0.478 e. The Morgan fingerprint density at radius 2 is 2.04 bits per heavy atom. The van der Waals surface area contributed by atoms with Gasteiger partial charge < -0.3 is 14.9 Å². The summed E-state index contributed by atoms with van der Waals surface area (Å²) in [5, 5.41) is 19.0. The molecule has 5 atom stereocenters. The van der Waals surface area contributed by atoms with Crippen LogP contribution in [0.25, 0.3) is 0 Å². The lowest BCUT2D eigenvalue weighted by Gasteiger charge is -2.25. The van der Waals surface area contributed by atoms with Crippen LogP contribution in [0.4, 0.5) is 0 Å². The SMILES string of the molecule is O=C(O)C=CCSCC[C@@H]1[C@H](/C=C/C(O)c2ccccc2)[C@@H]2CC[C@H]1O2. The Kier molecular flexibility index (Phi) is 6.94. The van der Waals surface area contributed by atoms with Crippen molar-refractivity contribution in [2.24, 2.45) is 11.8 Å². The first-order valence-electron chi connectivity index (χ1n) is 9.19. The molecule has 2 aliphatic heterocycles. The Morgan fingerprint density at radius 1 is 1.27 bits per heavy atom. The first-order chi connectivity index (χ1) is 12.6. The summed E-state index contributed by atoms with van der Waals surface area (Å²) in [6.45, 7) is 0. The minimum atomic E-state index is -0.894. The van der Waals surface area contributed by atoms with Crippen molar-refractivity contribution in [2.45, 2.75) is 37.6 Å². The number of thioether (sulfide) groups is 1. The number of carboxylic acid groups (broad SMARTS) is 1. The minimum absolute atomic E-state index is 0.279. The minimum Gasteiger partial charge on any atom is -0.478 e. The molecule has 0 amide bonds. The quantitative estimate of drug-likeness (QED) is 0.391. The number of aliphatic carboxylic acids is 1. The average molecular weight is 375 g/mol. The molecule has 3 rings (SSSR count). The molecule has 0 saturated carbocycles. The lowest BCUT2D eigenvalue weighted by Crippen LogP contribution is -2.26. The Labute approximate surface area is 159 Å². The first-order valence-corrected chi connectivity index (χ1v) is 10.3. The van der Waals surface area contributed by atoms with Gasteiger partial charge in [0.15, 0.2) is 0 Å². The molecule has 26 heavy (non-hydrogen) atoms. The molecule has 0 spiro atoms. The maximum Gasteiger partial charge on any atom is 0.328 e.